The molecule has 1 heterocycles. The zero-order valence-corrected chi connectivity index (χ0v) is 15.4. The fraction of sp³-hybridized carbons (Fsp3) is 0.105. The summed E-state index contributed by atoms with van der Waals surface area (Å²) in [5.74, 6) is -0.904. The fourth-order valence-corrected chi connectivity index (χ4v) is 2.97. The van der Waals surface area contributed by atoms with Gasteiger partial charge in [-0.05, 0) is 52.4 Å². The van der Waals surface area contributed by atoms with Crippen molar-refractivity contribution in [2.24, 2.45) is 5.73 Å². The number of nitrogens with one attached hydrogen (secondary N) is 1. The molecule has 0 bridgehead atoms. The summed E-state index contributed by atoms with van der Waals surface area (Å²) < 4.78 is 1.10. The van der Waals surface area contributed by atoms with Crippen LogP contribution in [-0.2, 0) is 11.2 Å². The Morgan fingerprint density at radius 2 is 1.80 bits per heavy atom. The molecular weight excluding hydrogens is 429 g/mol. The van der Waals surface area contributed by atoms with E-state index in [2.05, 4.69) is 32.9 Å². The number of benzene rings is 2. The van der Waals surface area contributed by atoms with Crippen molar-refractivity contribution in [3.8, 4) is 0 Å². The van der Waals surface area contributed by atoms with Crippen molar-refractivity contribution in [1.82, 2.24) is 10.3 Å². The van der Waals surface area contributed by atoms with Crippen molar-refractivity contribution >= 4 is 45.3 Å². The van der Waals surface area contributed by atoms with Gasteiger partial charge in [-0.2, -0.15) is 0 Å². The van der Waals surface area contributed by atoms with Crippen LogP contribution in [0.3, 0.4) is 0 Å². The van der Waals surface area contributed by atoms with Crippen molar-refractivity contribution in [1.29, 1.82) is 0 Å². The van der Waals surface area contributed by atoms with E-state index in [0.29, 0.717) is 12.0 Å². The molecule has 2 amide bonds. The molecule has 0 aliphatic carbocycles. The van der Waals surface area contributed by atoms with E-state index in [-0.39, 0.29) is 5.91 Å². The molecule has 0 saturated carbocycles. The highest BCUT2D eigenvalue weighted by Crippen LogP contribution is 2.16. The Morgan fingerprint density at radius 3 is 2.52 bits per heavy atom. The number of hydrogen-bond acceptors (Lipinski definition) is 3. The first-order valence-corrected chi connectivity index (χ1v) is 8.81. The van der Waals surface area contributed by atoms with Crippen LogP contribution in [0.1, 0.15) is 15.9 Å². The number of hydrogen-bond donors (Lipinski definition) is 2. The number of carbonyl (C=O) groups is 2. The van der Waals surface area contributed by atoms with Gasteiger partial charge in [0.2, 0.25) is 5.91 Å². The number of rotatable bonds is 5. The normalized spacial score (nSPS) is 11.9. The summed E-state index contributed by atoms with van der Waals surface area (Å²) in [6.45, 7) is 0. The Balaban J connectivity index is 1.83. The standard InChI is InChI=1S/C19H16IN3O2/c20-13-7-5-12(6-8-13)11-17(18(21)24)23-19(25)15-9-10-22-16-4-2-1-3-14(15)16/h1-10,17H,11H2,(H2,21,24)(H,23,25)/t17-/m0/s1. The van der Waals surface area contributed by atoms with Gasteiger partial charge in [-0.25, -0.2) is 0 Å². The summed E-state index contributed by atoms with van der Waals surface area (Å²) >= 11 is 2.21. The van der Waals surface area contributed by atoms with Gasteiger partial charge in [-0.1, -0.05) is 30.3 Å². The largest absolute Gasteiger partial charge is 0.368 e. The zero-order valence-electron chi connectivity index (χ0n) is 13.3. The lowest BCUT2D eigenvalue weighted by Crippen LogP contribution is -2.45. The molecule has 0 saturated heterocycles. The van der Waals surface area contributed by atoms with Crippen LogP contribution in [0.4, 0.5) is 0 Å². The summed E-state index contributed by atoms with van der Waals surface area (Å²) in [6.07, 6.45) is 1.93. The molecule has 0 spiro atoms. The quantitative estimate of drug-likeness (QED) is 0.593. The van der Waals surface area contributed by atoms with E-state index >= 15 is 0 Å². The second-order valence-corrected chi connectivity index (χ2v) is 6.88. The van der Waals surface area contributed by atoms with E-state index in [0.717, 1.165) is 20.0 Å². The van der Waals surface area contributed by atoms with Crippen molar-refractivity contribution in [3.63, 3.8) is 0 Å². The van der Waals surface area contributed by atoms with Crippen LogP contribution < -0.4 is 11.1 Å². The lowest BCUT2D eigenvalue weighted by Gasteiger charge is -2.16. The van der Waals surface area contributed by atoms with Gasteiger partial charge in [-0.3, -0.25) is 14.6 Å². The van der Waals surface area contributed by atoms with E-state index in [1.165, 1.54) is 0 Å². The third-order valence-corrected chi connectivity index (χ3v) is 4.61. The second kappa shape index (κ2) is 7.60. The van der Waals surface area contributed by atoms with Crippen LogP contribution in [0.25, 0.3) is 10.9 Å². The van der Waals surface area contributed by atoms with Crippen molar-refractivity contribution in [2.75, 3.05) is 0 Å². The van der Waals surface area contributed by atoms with Gasteiger partial charge in [-0.15, -0.1) is 0 Å². The maximum Gasteiger partial charge on any atom is 0.252 e. The minimum absolute atomic E-state index is 0.340. The van der Waals surface area contributed by atoms with Crippen LogP contribution in [0.15, 0.2) is 60.8 Å². The predicted octanol–water partition coefficient (Wildman–Crippen LogP) is 2.67. The Morgan fingerprint density at radius 1 is 1.08 bits per heavy atom. The van der Waals surface area contributed by atoms with Gasteiger partial charge in [0.05, 0.1) is 11.1 Å². The molecule has 0 aliphatic heterocycles. The Bertz CT molecular complexity index is 920. The molecular formula is C19H16IN3O2. The monoisotopic (exact) mass is 445 g/mol. The predicted molar refractivity (Wildman–Crippen MR) is 105 cm³/mol. The SMILES string of the molecule is NC(=O)[C@H](Cc1ccc(I)cc1)NC(=O)c1ccnc2ccccc12. The van der Waals surface area contributed by atoms with E-state index in [9.17, 15) is 9.59 Å². The lowest BCUT2D eigenvalue weighted by atomic mass is 10.0. The molecule has 1 atom stereocenters. The van der Waals surface area contributed by atoms with Gasteiger partial charge in [0.15, 0.2) is 0 Å². The molecule has 1 aromatic heterocycles. The van der Waals surface area contributed by atoms with Crippen LogP contribution in [0.2, 0.25) is 0 Å². The van der Waals surface area contributed by atoms with Crippen LogP contribution in [0.5, 0.6) is 0 Å². The molecule has 0 unspecified atom stereocenters. The molecule has 3 N–H and O–H groups in total. The highest BCUT2D eigenvalue weighted by atomic mass is 127. The molecule has 3 aromatic rings. The summed E-state index contributed by atoms with van der Waals surface area (Å²) in [5, 5.41) is 3.48. The smallest absolute Gasteiger partial charge is 0.252 e. The lowest BCUT2D eigenvalue weighted by molar-refractivity contribution is -0.119. The number of primary amides is 1. The molecule has 5 nitrogen and oxygen atoms in total. The number of halogens is 1. The van der Waals surface area contributed by atoms with E-state index in [1.54, 1.807) is 12.3 Å². The van der Waals surface area contributed by atoms with Crippen LogP contribution in [-0.4, -0.2) is 22.8 Å². The first-order valence-electron chi connectivity index (χ1n) is 7.73. The summed E-state index contributed by atoms with van der Waals surface area (Å²) in [5.41, 5.74) is 7.62. The number of pyridine rings is 1. The first kappa shape index (κ1) is 17.3. The molecule has 25 heavy (non-hydrogen) atoms. The average molecular weight is 445 g/mol. The number of amides is 2. The summed E-state index contributed by atoms with van der Waals surface area (Å²) in [7, 11) is 0. The van der Waals surface area contributed by atoms with Gasteiger partial charge >= 0.3 is 0 Å². The third kappa shape index (κ3) is 4.14. The molecule has 0 fully saturated rings. The number of fused-ring (bicyclic) bond motifs is 1. The zero-order chi connectivity index (χ0) is 17.8. The van der Waals surface area contributed by atoms with E-state index < -0.39 is 11.9 Å². The number of nitrogens with zero attached hydrogens (tertiary/aromatic N) is 1. The Hall–Kier alpha value is -2.48. The molecule has 3 rings (SSSR count). The van der Waals surface area contributed by atoms with Crippen molar-refractivity contribution in [2.45, 2.75) is 12.5 Å². The molecule has 2 aromatic carbocycles. The van der Waals surface area contributed by atoms with Crippen LogP contribution in [0, 0.1) is 3.57 Å². The highest BCUT2D eigenvalue weighted by Gasteiger charge is 2.20. The minimum atomic E-state index is -0.778. The number of nitrogens with two attached hydrogens (primary N) is 1. The molecule has 0 aliphatic rings. The van der Waals surface area contributed by atoms with Gasteiger partial charge in [0, 0.05) is 21.6 Å². The first-order chi connectivity index (χ1) is 12.0. The summed E-state index contributed by atoms with van der Waals surface area (Å²) in [4.78, 5) is 28.7. The maximum absolute atomic E-state index is 12.7. The molecule has 126 valence electrons. The number of aromatic nitrogens is 1. The molecule has 0 radical (unpaired) electrons. The van der Waals surface area contributed by atoms with Gasteiger partial charge in [0.1, 0.15) is 6.04 Å². The van der Waals surface area contributed by atoms with E-state index in [1.807, 2.05) is 48.5 Å². The van der Waals surface area contributed by atoms with E-state index in [4.69, 9.17) is 5.73 Å². The fourth-order valence-electron chi connectivity index (χ4n) is 2.61. The van der Waals surface area contributed by atoms with Crippen molar-refractivity contribution < 1.29 is 9.59 Å². The van der Waals surface area contributed by atoms with Crippen molar-refractivity contribution in [3.05, 3.63) is 75.5 Å². The summed E-state index contributed by atoms with van der Waals surface area (Å²) in [6, 6.07) is 16.0. The minimum Gasteiger partial charge on any atom is -0.368 e. The topological polar surface area (TPSA) is 85.1 Å². The second-order valence-electron chi connectivity index (χ2n) is 5.63. The Labute approximate surface area is 158 Å². The average Bonchev–Trinajstić information content (AvgIpc) is 2.62. The maximum atomic E-state index is 12.7. The molecule has 6 heteroatoms. The number of carbonyl (C=O) groups excluding carboxylic acids is 2. The number of para-hydroxylation sites is 1. The van der Waals surface area contributed by atoms with Gasteiger partial charge < -0.3 is 11.1 Å². The Kier molecular flexibility index (Phi) is 5.28. The third-order valence-electron chi connectivity index (χ3n) is 3.90. The van der Waals surface area contributed by atoms with Gasteiger partial charge in [0.25, 0.3) is 5.91 Å². The van der Waals surface area contributed by atoms with Crippen LogP contribution >= 0.6 is 22.6 Å². The highest BCUT2D eigenvalue weighted by molar-refractivity contribution is 14.1.